The van der Waals surface area contributed by atoms with Gasteiger partial charge in [0.1, 0.15) is 16.4 Å². The van der Waals surface area contributed by atoms with Crippen LogP contribution in [0.25, 0.3) is 0 Å². The third-order valence-electron chi connectivity index (χ3n) is 5.80. The molecule has 1 fully saturated rings. The highest BCUT2D eigenvalue weighted by Crippen LogP contribution is 2.32. The van der Waals surface area contributed by atoms with Gasteiger partial charge < -0.3 is 24.6 Å². The molecule has 0 spiro atoms. The van der Waals surface area contributed by atoms with E-state index in [1.165, 1.54) is 30.3 Å². The minimum atomic E-state index is -4.93. The minimum absolute atomic E-state index is 0.0629. The number of hydrogen-bond donors (Lipinski definition) is 3. The molecule has 3 rings (SSSR count). The van der Waals surface area contributed by atoms with Crippen molar-refractivity contribution in [2.75, 3.05) is 29.9 Å². The lowest BCUT2D eigenvalue weighted by Crippen LogP contribution is -2.38. The number of carbonyl (C=O) groups excluding carboxylic acids is 1. The number of hydrogen-bond acceptors (Lipinski definition) is 7. The Morgan fingerprint density at radius 3 is 2.51 bits per heavy atom. The van der Waals surface area contributed by atoms with Gasteiger partial charge in [-0.15, -0.1) is 13.2 Å². The summed E-state index contributed by atoms with van der Waals surface area (Å²) in [6.45, 7) is 4.40. The summed E-state index contributed by atoms with van der Waals surface area (Å²) in [5.41, 5.74) is 0.0940. The third-order valence-corrected chi connectivity index (χ3v) is 7.22. The Morgan fingerprint density at radius 1 is 1.16 bits per heavy atom. The Labute approximate surface area is 213 Å². The van der Waals surface area contributed by atoms with Crippen LogP contribution in [0.4, 0.5) is 24.5 Å². The van der Waals surface area contributed by atoms with E-state index in [0.717, 1.165) is 12.1 Å². The lowest BCUT2D eigenvalue weighted by molar-refractivity contribution is -0.274. The molecule has 204 valence electrons. The molecule has 9 nitrogen and oxygen atoms in total. The topological polar surface area (TPSA) is 123 Å². The molecular weight excluding hydrogens is 517 g/mol. The Kier molecular flexibility index (Phi) is 9.26. The number of anilines is 2. The summed E-state index contributed by atoms with van der Waals surface area (Å²) in [5.74, 6) is -1.90. The van der Waals surface area contributed by atoms with Crippen LogP contribution in [-0.4, -0.2) is 51.7 Å². The summed E-state index contributed by atoms with van der Waals surface area (Å²) in [5, 5.41) is 13.3. The van der Waals surface area contributed by atoms with Gasteiger partial charge in [-0.1, -0.05) is 13.0 Å². The maximum atomic E-state index is 13.0. The predicted octanol–water partition coefficient (Wildman–Crippen LogP) is 4.15. The summed E-state index contributed by atoms with van der Waals surface area (Å²) in [6.07, 6.45) is -4.50. The van der Waals surface area contributed by atoms with Gasteiger partial charge in [0.2, 0.25) is 5.91 Å². The van der Waals surface area contributed by atoms with E-state index in [9.17, 15) is 31.5 Å². The molecule has 37 heavy (non-hydrogen) atoms. The van der Waals surface area contributed by atoms with E-state index in [4.69, 9.17) is 9.47 Å². The van der Waals surface area contributed by atoms with Gasteiger partial charge >= 0.3 is 6.36 Å². The lowest BCUT2D eigenvalue weighted by atomic mass is 9.86. The summed E-state index contributed by atoms with van der Waals surface area (Å²) in [6, 6.07) is 8.29. The number of alkyl halides is 3. The number of amides is 1. The van der Waals surface area contributed by atoms with Crippen LogP contribution in [0.15, 0.2) is 47.4 Å². The quantitative estimate of drug-likeness (QED) is 0.409. The van der Waals surface area contributed by atoms with Crippen molar-refractivity contribution in [3.63, 3.8) is 0 Å². The van der Waals surface area contributed by atoms with E-state index in [0.29, 0.717) is 26.1 Å². The molecule has 3 N–H and O–H groups in total. The number of rotatable bonds is 10. The van der Waals surface area contributed by atoms with Crippen molar-refractivity contribution in [3.8, 4) is 11.5 Å². The van der Waals surface area contributed by atoms with Crippen molar-refractivity contribution in [3.05, 3.63) is 42.5 Å². The molecule has 0 saturated carbocycles. The van der Waals surface area contributed by atoms with Gasteiger partial charge in [0.15, 0.2) is 0 Å². The molecular formula is C24H29F3N2O7S. The highest BCUT2D eigenvalue weighted by molar-refractivity contribution is 7.92. The molecule has 2 unspecified atom stereocenters. The van der Waals surface area contributed by atoms with Crippen molar-refractivity contribution >= 4 is 27.3 Å². The Balaban J connectivity index is 1.76. The Morgan fingerprint density at radius 2 is 1.86 bits per heavy atom. The van der Waals surface area contributed by atoms with Crippen LogP contribution in [0, 0.1) is 11.8 Å². The van der Waals surface area contributed by atoms with E-state index in [1.807, 2.05) is 0 Å². The molecule has 0 aliphatic carbocycles. The zero-order valence-corrected chi connectivity index (χ0v) is 21.1. The highest BCUT2D eigenvalue weighted by atomic mass is 32.2. The first-order valence-corrected chi connectivity index (χ1v) is 13.1. The smallest absolute Gasteiger partial charge is 0.492 e. The van der Waals surface area contributed by atoms with E-state index in [-0.39, 0.29) is 34.5 Å². The molecule has 0 bridgehead atoms. The Hall–Kier alpha value is -3.03. The van der Waals surface area contributed by atoms with Gasteiger partial charge in [0.05, 0.1) is 24.3 Å². The zero-order chi connectivity index (χ0) is 27.2. The fourth-order valence-corrected chi connectivity index (χ4v) is 5.10. The second-order valence-corrected chi connectivity index (χ2v) is 10.1. The highest BCUT2D eigenvalue weighted by Gasteiger charge is 2.32. The molecule has 1 aliphatic heterocycles. The maximum Gasteiger partial charge on any atom is 0.573 e. The van der Waals surface area contributed by atoms with E-state index < -0.39 is 40.1 Å². The number of halogens is 3. The second-order valence-electron chi connectivity index (χ2n) is 8.49. The van der Waals surface area contributed by atoms with Crippen molar-refractivity contribution in [1.29, 1.82) is 0 Å². The summed E-state index contributed by atoms with van der Waals surface area (Å²) >= 11 is 0. The van der Waals surface area contributed by atoms with Gasteiger partial charge in [-0.05, 0) is 49.9 Å². The number of nitrogens with one attached hydrogen (secondary N) is 2. The summed E-state index contributed by atoms with van der Waals surface area (Å²) in [4.78, 5) is 12.5. The van der Waals surface area contributed by atoms with E-state index in [2.05, 4.69) is 14.8 Å². The van der Waals surface area contributed by atoms with Gasteiger partial charge in [-0.2, -0.15) is 0 Å². The second kappa shape index (κ2) is 12.0. The number of aliphatic hydroxyl groups excluding tert-OH is 1. The molecule has 2 atom stereocenters. The van der Waals surface area contributed by atoms with Crippen LogP contribution in [-0.2, 0) is 19.6 Å². The first-order valence-electron chi connectivity index (χ1n) is 11.6. The Bertz CT molecular complexity index is 1190. The SMILES string of the molecule is CCOc1cc(NC(=O)C(C)C(O)C2CCOCC2)ccc1S(=O)(=O)Nc1cccc(OC(F)(F)F)c1. The van der Waals surface area contributed by atoms with Gasteiger partial charge in [0, 0.05) is 31.0 Å². The van der Waals surface area contributed by atoms with Crippen LogP contribution in [0.3, 0.4) is 0 Å². The van der Waals surface area contributed by atoms with Crippen LogP contribution in [0.1, 0.15) is 26.7 Å². The predicted molar refractivity (Wildman–Crippen MR) is 129 cm³/mol. The van der Waals surface area contributed by atoms with Gasteiger partial charge in [0.25, 0.3) is 10.0 Å². The van der Waals surface area contributed by atoms with Crippen molar-refractivity contribution < 1.29 is 45.7 Å². The number of carbonyl (C=O) groups is 1. The van der Waals surface area contributed by atoms with Crippen molar-refractivity contribution in [1.82, 2.24) is 0 Å². The fourth-order valence-electron chi connectivity index (χ4n) is 3.92. The van der Waals surface area contributed by atoms with Crippen LogP contribution in [0.5, 0.6) is 11.5 Å². The molecule has 1 heterocycles. The normalized spacial score (nSPS) is 16.5. The van der Waals surface area contributed by atoms with Crippen LogP contribution in [0.2, 0.25) is 0 Å². The molecule has 1 aliphatic rings. The van der Waals surface area contributed by atoms with Gasteiger partial charge in [-0.25, -0.2) is 8.42 Å². The molecule has 0 radical (unpaired) electrons. The number of aliphatic hydroxyl groups is 1. The maximum absolute atomic E-state index is 13.0. The monoisotopic (exact) mass is 546 g/mol. The largest absolute Gasteiger partial charge is 0.573 e. The third kappa shape index (κ3) is 7.98. The van der Waals surface area contributed by atoms with E-state index >= 15 is 0 Å². The molecule has 2 aromatic rings. The number of benzene rings is 2. The first kappa shape index (κ1) is 28.5. The fraction of sp³-hybridized carbons (Fsp3) is 0.458. The molecule has 1 saturated heterocycles. The van der Waals surface area contributed by atoms with Crippen molar-refractivity contribution in [2.24, 2.45) is 11.8 Å². The molecule has 13 heteroatoms. The number of ether oxygens (including phenoxy) is 3. The standard InChI is InChI=1S/C24H29F3N2O7S/c1-3-35-20-14-17(28-23(31)15(2)22(30)16-9-11-34-12-10-16)7-8-21(20)37(32,33)29-18-5-4-6-19(13-18)36-24(25,26)27/h4-8,13-16,22,29-30H,3,9-12H2,1-2H3,(H,28,31). The van der Waals surface area contributed by atoms with Crippen LogP contribution < -0.4 is 19.5 Å². The van der Waals surface area contributed by atoms with Crippen molar-refractivity contribution in [2.45, 2.75) is 44.1 Å². The zero-order valence-electron chi connectivity index (χ0n) is 20.2. The van der Waals surface area contributed by atoms with Gasteiger partial charge in [-0.3, -0.25) is 9.52 Å². The summed E-state index contributed by atoms with van der Waals surface area (Å²) in [7, 11) is -4.29. The average molecular weight is 547 g/mol. The average Bonchev–Trinajstić information content (AvgIpc) is 2.82. The van der Waals surface area contributed by atoms with Crippen LogP contribution >= 0.6 is 0 Å². The summed E-state index contributed by atoms with van der Waals surface area (Å²) < 4.78 is 80.3. The van der Waals surface area contributed by atoms with E-state index in [1.54, 1.807) is 13.8 Å². The molecule has 1 amide bonds. The molecule has 2 aromatic carbocycles. The first-order chi connectivity index (χ1) is 17.4. The number of sulfonamides is 1. The lowest BCUT2D eigenvalue weighted by Gasteiger charge is -2.30. The molecule has 0 aromatic heterocycles. The minimum Gasteiger partial charge on any atom is -0.492 e.